The number of piperidine rings is 1. The van der Waals surface area contributed by atoms with Crippen molar-refractivity contribution in [2.24, 2.45) is 0 Å². The van der Waals surface area contributed by atoms with E-state index < -0.39 is 0 Å². The zero-order valence-corrected chi connectivity index (χ0v) is 16.5. The number of benzene rings is 1. The summed E-state index contributed by atoms with van der Waals surface area (Å²) < 4.78 is 1.79. The highest BCUT2D eigenvalue weighted by Gasteiger charge is 2.16. The van der Waals surface area contributed by atoms with Crippen LogP contribution >= 0.6 is 0 Å². The molecule has 0 radical (unpaired) electrons. The first kappa shape index (κ1) is 18.3. The number of imidazole rings is 1. The van der Waals surface area contributed by atoms with E-state index in [9.17, 15) is 4.79 Å². The molecule has 0 atom stereocenters. The van der Waals surface area contributed by atoms with Gasteiger partial charge in [0.15, 0.2) is 0 Å². The lowest BCUT2D eigenvalue weighted by molar-refractivity contribution is 0.102. The molecule has 1 fully saturated rings. The number of nitrogens with one attached hydrogen (secondary N) is 1. The number of pyridine rings is 2. The summed E-state index contributed by atoms with van der Waals surface area (Å²) in [6.45, 7) is 2.14. The van der Waals surface area contributed by atoms with Crippen LogP contribution in [0.25, 0.3) is 16.6 Å². The van der Waals surface area contributed by atoms with E-state index in [1.54, 1.807) is 41.6 Å². The van der Waals surface area contributed by atoms with Crippen molar-refractivity contribution in [3.8, 4) is 5.82 Å². The molecule has 1 N–H and O–H groups in total. The predicted octanol–water partition coefficient (Wildman–Crippen LogP) is 4.06. The van der Waals surface area contributed by atoms with Gasteiger partial charge >= 0.3 is 0 Å². The van der Waals surface area contributed by atoms with Crippen molar-refractivity contribution in [1.82, 2.24) is 19.5 Å². The SMILES string of the molecule is O=C(Nc1ccc(N2CCCCC2)c2ccncc12)c1ccc(-n2ccnc2)nc1. The molecule has 30 heavy (non-hydrogen) atoms. The van der Waals surface area contributed by atoms with Crippen LogP contribution in [-0.2, 0) is 0 Å². The Labute approximate surface area is 174 Å². The fraction of sp³-hybridized carbons (Fsp3) is 0.217. The fourth-order valence-corrected chi connectivity index (χ4v) is 3.96. The van der Waals surface area contributed by atoms with Crippen LogP contribution in [0.2, 0.25) is 0 Å². The number of nitrogens with zero attached hydrogens (tertiary/aromatic N) is 5. The van der Waals surface area contributed by atoms with Gasteiger partial charge in [0.25, 0.3) is 5.91 Å². The van der Waals surface area contributed by atoms with Crippen LogP contribution in [0.15, 0.2) is 67.6 Å². The van der Waals surface area contributed by atoms with Crippen molar-refractivity contribution in [3.05, 3.63) is 73.2 Å². The molecule has 5 rings (SSSR count). The quantitative estimate of drug-likeness (QED) is 0.561. The van der Waals surface area contributed by atoms with Gasteiger partial charge in [0.05, 0.1) is 11.3 Å². The van der Waals surface area contributed by atoms with Crippen molar-refractivity contribution in [2.45, 2.75) is 19.3 Å². The number of carbonyl (C=O) groups is 1. The summed E-state index contributed by atoms with van der Waals surface area (Å²) in [4.78, 5) is 27.9. The first-order valence-corrected chi connectivity index (χ1v) is 10.2. The average molecular weight is 398 g/mol. The molecule has 0 bridgehead atoms. The molecule has 1 aliphatic rings. The number of hydrogen-bond donors (Lipinski definition) is 1. The van der Waals surface area contributed by atoms with Crippen LogP contribution in [-0.4, -0.2) is 38.5 Å². The van der Waals surface area contributed by atoms with Gasteiger partial charge < -0.3 is 10.2 Å². The molecular formula is C23H22N6O. The average Bonchev–Trinajstić information content (AvgIpc) is 3.35. The molecule has 7 nitrogen and oxygen atoms in total. The molecule has 1 aliphatic heterocycles. The third kappa shape index (κ3) is 3.50. The van der Waals surface area contributed by atoms with Crippen molar-refractivity contribution < 1.29 is 4.79 Å². The van der Waals surface area contributed by atoms with Gasteiger partial charge in [0.1, 0.15) is 12.1 Å². The molecule has 7 heteroatoms. The van der Waals surface area contributed by atoms with Gasteiger partial charge in [0.2, 0.25) is 0 Å². The van der Waals surface area contributed by atoms with Crippen molar-refractivity contribution >= 4 is 28.1 Å². The first-order chi connectivity index (χ1) is 14.8. The highest BCUT2D eigenvalue weighted by molar-refractivity contribution is 6.11. The van der Waals surface area contributed by atoms with Gasteiger partial charge in [-0.15, -0.1) is 0 Å². The van der Waals surface area contributed by atoms with Crippen LogP contribution in [0.5, 0.6) is 0 Å². The zero-order chi connectivity index (χ0) is 20.3. The number of hydrogen-bond acceptors (Lipinski definition) is 5. The number of anilines is 2. The van der Waals surface area contributed by atoms with E-state index in [4.69, 9.17) is 0 Å². The van der Waals surface area contributed by atoms with Crippen molar-refractivity contribution in [2.75, 3.05) is 23.3 Å². The molecule has 4 aromatic rings. The predicted molar refractivity (Wildman–Crippen MR) is 117 cm³/mol. The standard InChI is InChI=1S/C23H22N6O/c30-23(17-4-7-22(26-14-17)29-13-10-25-16-29)27-20-5-6-21(28-11-2-1-3-12-28)18-8-9-24-15-19(18)20/h4-10,13-16H,1-3,11-12H2,(H,27,30). The Morgan fingerprint density at radius 2 is 1.80 bits per heavy atom. The van der Waals surface area contributed by atoms with E-state index >= 15 is 0 Å². The highest BCUT2D eigenvalue weighted by atomic mass is 16.1. The van der Waals surface area contributed by atoms with Crippen LogP contribution < -0.4 is 10.2 Å². The molecule has 1 aromatic carbocycles. The topological polar surface area (TPSA) is 75.9 Å². The summed E-state index contributed by atoms with van der Waals surface area (Å²) in [5.74, 6) is 0.514. The van der Waals surface area contributed by atoms with Crippen LogP contribution in [0.3, 0.4) is 0 Å². The van der Waals surface area contributed by atoms with E-state index in [1.807, 2.05) is 24.5 Å². The van der Waals surface area contributed by atoms with Crippen molar-refractivity contribution in [1.29, 1.82) is 0 Å². The summed E-state index contributed by atoms with van der Waals surface area (Å²) in [5.41, 5.74) is 2.45. The molecular weight excluding hydrogens is 376 g/mol. The largest absolute Gasteiger partial charge is 0.371 e. The molecule has 1 amide bonds. The summed E-state index contributed by atoms with van der Waals surface area (Å²) in [7, 11) is 0. The van der Waals surface area contributed by atoms with Crippen LogP contribution in [0.1, 0.15) is 29.6 Å². The van der Waals surface area contributed by atoms with E-state index in [-0.39, 0.29) is 5.91 Å². The minimum atomic E-state index is -0.199. The van der Waals surface area contributed by atoms with Crippen LogP contribution in [0.4, 0.5) is 11.4 Å². The molecule has 0 spiro atoms. The van der Waals surface area contributed by atoms with Gasteiger partial charge in [-0.1, -0.05) is 0 Å². The number of carbonyl (C=O) groups excluding carboxylic acids is 1. The smallest absolute Gasteiger partial charge is 0.257 e. The third-order valence-corrected chi connectivity index (χ3v) is 5.52. The van der Waals surface area contributed by atoms with Gasteiger partial charge in [-0.25, -0.2) is 9.97 Å². The Morgan fingerprint density at radius 3 is 2.57 bits per heavy atom. The maximum atomic E-state index is 12.8. The van der Waals surface area contributed by atoms with Gasteiger partial charge in [0, 0.05) is 60.5 Å². The maximum absolute atomic E-state index is 12.8. The Hall–Kier alpha value is -3.74. The third-order valence-electron chi connectivity index (χ3n) is 5.52. The van der Waals surface area contributed by atoms with E-state index in [1.165, 1.54) is 24.9 Å². The second kappa shape index (κ2) is 7.94. The summed E-state index contributed by atoms with van der Waals surface area (Å²) >= 11 is 0. The Balaban J connectivity index is 1.42. The molecule has 150 valence electrons. The van der Waals surface area contributed by atoms with E-state index in [0.717, 1.165) is 29.5 Å². The van der Waals surface area contributed by atoms with Gasteiger partial charge in [-0.05, 0) is 49.6 Å². The lowest BCUT2D eigenvalue weighted by atomic mass is 10.0. The summed E-state index contributed by atoms with van der Waals surface area (Å²) in [5, 5.41) is 5.08. The number of aromatic nitrogens is 4. The minimum absolute atomic E-state index is 0.199. The fourth-order valence-electron chi connectivity index (χ4n) is 3.96. The molecule has 3 aromatic heterocycles. The van der Waals surface area contributed by atoms with Crippen LogP contribution in [0, 0.1) is 0 Å². The molecule has 1 saturated heterocycles. The lowest BCUT2D eigenvalue weighted by Gasteiger charge is -2.30. The molecule has 0 saturated carbocycles. The normalized spacial score (nSPS) is 14.1. The van der Waals surface area contributed by atoms with E-state index in [0.29, 0.717) is 11.4 Å². The zero-order valence-electron chi connectivity index (χ0n) is 16.5. The molecule has 0 aliphatic carbocycles. The monoisotopic (exact) mass is 398 g/mol. The number of fused-ring (bicyclic) bond motifs is 1. The van der Waals surface area contributed by atoms with Crippen molar-refractivity contribution in [3.63, 3.8) is 0 Å². The second-order valence-electron chi connectivity index (χ2n) is 7.43. The lowest BCUT2D eigenvalue weighted by Crippen LogP contribution is -2.29. The molecule has 0 unspecified atom stereocenters. The summed E-state index contributed by atoms with van der Waals surface area (Å²) in [6.07, 6.45) is 14.1. The summed E-state index contributed by atoms with van der Waals surface area (Å²) in [6, 6.07) is 9.66. The van der Waals surface area contributed by atoms with Gasteiger partial charge in [-0.2, -0.15) is 0 Å². The van der Waals surface area contributed by atoms with E-state index in [2.05, 4.69) is 31.2 Å². The maximum Gasteiger partial charge on any atom is 0.257 e. The highest BCUT2D eigenvalue weighted by Crippen LogP contribution is 2.33. The number of amides is 1. The first-order valence-electron chi connectivity index (χ1n) is 10.2. The van der Waals surface area contributed by atoms with Gasteiger partial charge in [-0.3, -0.25) is 14.3 Å². The minimum Gasteiger partial charge on any atom is -0.371 e. The Morgan fingerprint density at radius 1 is 0.900 bits per heavy atom. The Bertz CT molecular complexity index is 1160. The second-order valence-corrected chi connectivity index (χ2v) is 7.43. The molecule has 4 heterocycles. The Kier molecular flexibility index (Phi) is 4.85. The number of rotatable bonds is 4.